The summed E-state index contributed by atoms with van der Waals surface area (Å²) >= 11 is 1.41. The number of aromatic nitrogens is 2. The molecule has 0 fully saturated rings. The van der Waals surface area contributed by atoms with Crippen LogP contribution in [0.3, 0.4) is 0 Å². The second kappa shape index (κ2) is 11.5. The lowest BCUT2D eigenvalue weighted by molar-refractivity contribution is -0.116. The topological polar surface area (TPSA) is 77.6 Å². The predicted molar refractivity (Wildman–Crippen MR) is 183 cm³/mol. The summed E-state index contributed by atoms with van der Waals surface area (Å²) in [4.78, 5) is 33.1. The van der Waals surface area contributed by atoms with Crippen LogP contribution in [0.5, 0.6) is 5.75 Å². The molecule has 8 heteroatoms. The number of nitrogens with one attached hydrogen (secondary N) is 1. The van der Waals surface area contributed by atoms with Gasteiger partial charge >= 0.3 is 0 Å². The van der Waals surface area contributed by atoms with Gasteiger partial charge in [0.15, 0.2) is 4.80 Å². The first-order valence-electron chi connectivity index (χ1n) is 15.3. The third kappa shape index (κ3) is 4.87. The lowest BCUT2D eigenvalue weighted by atomic mass is 9.83. The third-order valence-electron chi connectivity index (χ3n) is 8.78. The van der Waals surface area contributed by atoms with Gasteiger partial charge in [-0.15, -0.1) is 0 Å². The number of amides is 1. The van der Waals surface area contributed by atoms with E-state index in [2.05, 4.69) is 29.6 Å². The lowest BCUT2D eigenvalue weighted by Gasteiger charge is -2.30. The van der Waals surface area contributed by atoms with Crippen LogP contribution in [-0.2, 0) is 17.8 Å². The summed E-state index contributed by atoms with van der Waals surface area (Å²) in [5.41, 5.74) is 8.04. The standard InChI is InChI=1S/C38H30N4O3S/c1-45-28-18-15-25(16-19-28)36-31-20-17-24-9-5-6-13-30(24)35(31)40-38-42(36)37(44)33(46-38)21-26-22-41(32-14-8-7-12-29(26)32)23-34(43)39-27-10-3-2-4-11-27/h2-16,18-19,21-22,36H,17,20,23H2,1H3,(H,39,43)/b33-21+/t36-/m1/s1. The summed E-state index contributed by atoms with van der Waals surface area (Å²) in [5, 5.41) is 3.94. The number of benzene rings is 4. The monoisotopic (exact) mass is 622 g/mol. The Kier molecular flexibility index (Phi) is 6.99. The van der Waals surface area contributed by atoms with Crippen LogP contribution in [0.4, 0.5) is 5.69 Å². The van der Waals surface area contributed by atoms with E-state index in [0.29, 0.717) is 9.33 Å². The molecule has 1 N–H and O–H groups in total. The Balaban J connectivity index is 1.25. The van der Waals surface area contributed by atoms with Crippen LogP contribution in [-0.4, -0.2) is 22.2 Å². The van der Waals surface area contributed by atoms with Crippen molar-refractivity contribution >= 4 is 45.6 Å². The molecule has 2 aromatic heterocycles. The maximum absolute atomic E-state index is 14.3. The average molecular weight is 623 g/mol. The van der Waals surface area contributed by atoms with Gasteiger partial charge in [0.2, 0.25) is 5.91 Å². The zero-order chi connectivity index (χ0) is 31.2. The molecule has 46 heavy (non-hydrogen) atoms. The largest absolute Gasteiger partial charge is 0.497 e. The number of allylic oxidation sites excluding steroid dienone is 1. The molecule has 7 nitrogen and oxygen atoms in total. The van der Waals surface area contributed by atoms with Crippen LogP contribution in [0.2, 0.25) is 0 Å². The number of fused-ring (bicyclic) bond motifs is 4. The van der Waals surface area contributed by atoms with Gasteiger partial charge in [0.1, 0.15) is 12.3 Å². The fraction of sp³-hybridized carbons (Fsp3) is 0.132. The normalized spacial score (nSPS) is 15.6. The highest BCUT2D eigenvalue weighted by atomic mass is 32.1. The van der Waals surface area contributed by atoms with E-state index >= 15 is 0 Å². The second-order valence-corrected chi connectivity index (χ2v) is 12.5. The van der Waals surface area contributed by atoms with Crippen LogP contribution in [0.1, 0.15) is 34.7 Å². The number of anilines is 1. The molecule has 0 saturated heterocycles. The number of aryl methyl sites for hydroxylation is 1. The third-order valence-corrected chi connectivity index (χ3v) is 9.76. The molecule has 0 unspecified atom stereocenters. The first kappa shape index (κ1) is 28.0. The molecule has 1 amide bonds. The molecule has 0 radical (unpaired) electrons. The van der Waals surface area contributed by atoms with E-state index in [1.807, 2.05) is 100 Å². The highest BCUT2D eigenvalue weighted by Gasteiger charge is 2.32. The number of nitrogens with zero attached hydrogens (tertiary/aromatic N) is 3. The second-order valence-electron chi connectivity index (χ2n) is 11.5. The van der Waals surface area contributed by atoms with Gasteiger partial charge in [0.25, 0.3) is 5.56 Å². The molecular weight excluding hydrogens is 593 g/mol. The smallest absolute Gasteiger partial charge is 0.271 e. The zero-order valence-corrected chi connectivity index (χ0v) is 26.0. The number of hydrogen-bond donors (Lipinski definition) is 1. The van der Waals surface area contributed by atoms with Crippen molar-refractivity contribution < 1.29 is 9.53 Å². The lowest BCUT2D eigenvalue weighted by Crippen LogP contribution is -2.38. The minimum Gasteiger partial charge on any atom is -0.497 e. The first-order chi connectivity index (χ1) is 22.6. The first-order valence-corrected chi connectivity index (χ1v) is 16.1. The van der Waals surface area contributed by atoms with Crippen molar-refractivity contribution in [1.29, 1.82) is 0 Å². The Hall–Kier alpha value is -5.47. The Labute approximate surface area is 269 Å². The van der Waals surface area contributed by atoms with E-state index in [1.54, 1.807) is 7.11 Å². The fourth-order valence-electron chi connectivity index (χ4n) is 6.65. The number of rotatable bonds is 6. The number of carbonyl (C=O) groups is 1. The van der Waals surface area contributed by atoms with Gasteiger partial charge in [0.05, 0.1) is 23.4 Å². The quantitative estimate of drug-likeness (QED) is 0.251. The molecule has 6 aromatic rings. The van der Waals surface area contributed by atoms with E-state index in [1.165, 1.54) is 16.9 Å². The van der Waals surface area contributed by atoms with E-state index in [-0.39, 0.29) is 24.1 Å². The van der Waals surface area contributed by atoms with Crippen molar-refractivity contribution in [3.8, 4) is 5.75 Å². The van der Waals surface area contributed by atoms with Crippen LogP contribution in [0.15, 0.2) is 125 Å². The molecule has 4 aromatic carbocycles. The number of hydrogen-bond acceptors (Lipinski definition) is 5. The Morgan fingerprint density at radius 2 is 1.72 bits per heavy atom. The molecule has 1 aliphatic heterocycles. The number of thiazole rings is 1. The molecule has 226 valence electrons. The molecule has 0 spiro atoms. The molecule has 0 bridgehead atoms. The SMILES string of the molecule is COc1ccc([C@@H]2C3=C(N=c4s/c(=C/c5cn(CC(=O)Nc6ccccc6)c6ccccc56)c(=O)n42)c2ccccc2CC3)cc1. The summed E-state index contributed by atoms with van der Waals surface area (Å²) in [6.07, 6.45) is 5.63. The minimum atomic E-state index is -0.268. The van der Waals surface area contributed by atoms with Gasteiger partial charge in [0, 0.05) is 33.9 Å². The van der Waals surface area contributed by atoms with Gasteiger partial charge < -0.3 is 14.6 Å². The van der Waals surface area contributed by atoms with Crippen LogP contribution in [0.25, 0.3) is 22.7 Å². The summed E-state index contributed by atoms with van der Waals surface area (Å²) in [6, 6.07) is 33.6. The summed E-state index contributed by atoms with van der Waals surface area (Å²) in [5.74, 6) is 0.649. The van der Waals surface area contributed by atoms with Gasteiger partial charge in [-0.05, 0) is 65.9 Å². The molecule has 1 aliphatic carbocycles. The fourth-order valence-corrected chi connectivity index (χ4v) is 7.64. The summed E-state index contributed by atoms with van der Waals surface area (Å²) in [6.45, 7) is 0.147. The Morgan fingerprint density at radius 1 is 0.957 bits per heavy atom. The molecule has 1 atom stereocenters. The Morgan fingerprint density at radius 3 is 2.54 bits per heavy atom. The average Bonchev–Trinajstić information content (AvgIpc) is 3.60. The Bertz CT molecular complexity index is 2350. The number of carbonyl (C=O) groups excluding carboxylic acids is 1. The van der Waals surface area contributed by atoms with Crippen molar-refractivity contribution in [2.24, 2.45) is 4.99 Å². The van der Waals surface area contributed by atoms with Gasteiger partial charge in [-0.3, -0.25) is 14.2 Å². The van der Waals surface area contributed by atoms with E-state index in [9.17, 15) is 9.59 Å². The van der Waals surface area contributed by atoms with Gasteiger partial charge in [-0.25, -0.2) is 4.99 Å². The van der Waals surface area contributed by atoms with Crippen LogP contribution >= 0.6 is 11.3 Å². The number of methoxy groups -OCH3 is 1. The molecule has 3 heterocycles. The van der Waals surface area contributed by atoms with Crippen LogP contribution < -0.4 is 24.9 Å². The predicted octanol–water partition coefficient (Wildman–Crippen LogP) is 5.92. The maximum atomic E-state index is 14.3. The van der Waals surface area contributed by atoms with E-state index < -0.39 is 0 Å². The number of para-hydroxylation sites is 2. The summed E-state index contributed by atoms with van der Waals surface area (Å²) < 4.78 is 9.83. The van der Waals surface area contributed by atoms with E-state index in [0.717, 1.165) is 63.1 Å². The number of ether oxygens (including phenoxy) is 1. The highest BCUT2D eigenvalue weighted by Crippen LogP contribution is 2.41. The minimum absolute atomic E-state index is 0.0753. The van der Waals surface area contributed by atoms with Crippen molar-refractivity contribution in [2.45, 2.75) is 25.4 Å². The maximum Gasteiger partial charge on any atom is 0.271 e. The van der Waals surface area contributed by atoms with Crippen molar-refractivity contribution in [3.63, 3.8) is 0 Å². The van der Waals surface area contributed by atoms with Crippen molar-refractivity contribution in [1.82, 2.24) is 9.13 Å². The molecule has 0 saturated carbocycles. The van der Waals surface area contributed by atoms with E-state index in [4.69, 9.17) is 9.73 Å². The van der Waals surface area contributed by atoms with Gasteiger partial charge in [-0.2, -0.15) is 0 Å². The summed E-state index contributed by atoms with van der Waals surface area (Å²) in [7, 11) is 1.66. The zero-order valence-electron chi connectivity index (χ0n) is 25.1. The van der Waals surface area contributed by atoms with Crippen molar-refractivity contribution in [2.75, 3.05) is 12.4 Å². The molecular formula is C38H30N4O3S. The molecule has 2 aliphatic rings. The highest BCUT2D eigenvalue weighted by molar-refractivity contribution is 7.07. The van der Waals surface area contributed by atoms with Crippen LogP contribution in [0, 0.1) is 0 Å². The molecule has 8 rings (SSSR count). The van der Waals surface area contributed by atoms with Gasteiger partial charge in [-0.1, -0.05) is 84.1 Å². The van der Waals surface area contributed by atoms with Crippen molar-refractivity contribution in [3.05, 3.63) is 157 Å².